The van der Waals surface area contributed by atoms with Crippen molar-refractivity contribution in [2.75, 3.05) is 0 Å². The van der Waals surface area contributed by atoms with Crippen LogP contribution in [0.2, 0.25) is 0 Å². The van der Waals surface area contributed by atoms with Gasteiger partial charge >= 0.3 is 0 Å². The molecule has 1 aliphatic rings. The number of aromatic nitrogens is 4. The van der Waals surface area contributed by atoms with E-state index in [1.165, 1.54) is 12.4 Å². The van der Waals surface area contributed by atoms with Gasteiger partial charge in [0.25, 0.3) is 0 Å². The fourth-order valence-electron chi connectivity index (χ4n) is 3.10. The molecule has 25 heavy (non-hydrogen) atoms. The molecule has 0 aromatic carbocycles. The third-order valence-electron chi connectivity index (χ3n) is 4.28. The number of pyridine rings is 2. The quantitative estimate of drug-likeness (QED) is 0.729. The van der Waals surface area contributed by atoms with Gasteiger partial charge in [-0.3, -0.25) is 4.98 Å². The summed E-state index contributed by atoms with van der Waals surface area (Å²) in [5, 5.41) is 0. The van der Waals surface area contributed by atoms with Crippen molar-refractivity contribution in [1.82, 2.24) is 19.9 Å². The van der Waals surface area contributed by atoms with E-state index in [2.05, 4.69) is 19.9 Å². The molecule has 0 aliphatic heterocycles. The average Bonchev–Trinajstić information content (AvgIpc) is 2.67. The van der Waals surface area contributed by atoms with Crippen molar-refractivity contribution in [3.8, 4) is 17.1 Å². The third kappa shape index (κ3) is 3.33. The van der Waals surface area contributed by atoms with E-state index in [1.54, 1.807) is 12.3 Å². The van der Waals surface area contributed by atoms with Gasteiger partial charge in [0, 0.05) is 35.9 Å². The van der Waals surface area contributed by atoms with Gasteiger partial charge in [-0.15, -0.1) is 0 Å². The molecule has 0 spiro atoms. The fourth-order valence-corrected chi connectivity index (χ4v) is 3.10. The van der Waals surface area contributed by atoms with Crippen molar-refractivity contribution in [3.63, 3.8) is 0 Å². The van der Waals surface area contributed by atoms with Crippen molar-refractivity contribution in [3.05, 3.63) is 65.8 Å². The summed E-state index contributed by atoms with van der Waals surface area (Å²) in [4.78, 5) is 16.8. The van der Waals surface area contributed by atoms with Crippen LogP contribution in [0.25, 0.3) is 11.3 Å². The zero-order valence-corrected chi connectivity index (χ0v) is 13.7. The number of rotatable bonds is 4. The van der Waals surface area contributed by atoms with Crippen LogP contribution in [-0.4, -0.2) is 19.9 Å². The second-order valence-electron chi connectivity index (χ2n) is 5.95. The van der Waals surface area contributed by atoms with E-state index >= 15 is 0 Å². The van der Waals surface area contributed by atoms with Gasteiger partial charge in [-0.1, -0.05) is 6.07 Å². The van der Waals surface area contributed by atoms with Gasteiger partial charge in [-0.25, -0.2) is 15.0 Å². The number of hydrogen-bond donors (Lipinski definition) is 0. The Morgan fingerprint density at radius 1 is 1.00 bits per heavy atom. The van der Waals surface area contributed by atoms with E-state index in [0.29, 0.717) is 12.5 Å². The molecule has 1 aliphatic carbocycles. The van der Waals surface area contributed by atoms with Crippen LogP contribution < -0.4 is 4.74 Å². The minimum absolute atomic E-state index is 0.255. The largest absolute Gasteiger partial charge is 0.471 e. The minimum atomic E-state index is -0.572. The molecule has 126 valence electrons. The number of fused-ring (bicyclic) bond motifs is 1. The Hall–Kier alpha value is -2.89. The highest BCUT2D eigenvalue weighted by atomic mass is 19.1. The lowest BCUT2D eigenvalue weighted by atomic mass is 9.91. The summed E-state index contributed by atoms with van der Waals surface area (Å²) in [5.74, 6) is -0.108. The van der Waals surface area contributed by atoms with Crippen molar-refractivity contribution < 1.29 is 9.13 Å². The molecular weight excluding hydrogens is 319 g/mol. The Kier molecular flexibility index (Phi) is 4.33. The summed E-state index contributed by atoms with van der Waals surface area (Å²) in [7, 11) is 0. The van der Waals surface area contributed by atoms with E-state index in [1.807, 2.05) is 18.2 Å². The lowest BCUT2D eigenvalue weighted by molar-refractivity contribution is 0.288. The Morgan fingerprint density at radius 2 is 1.88 bits per heavy atom. The van der Waals surface area contributed by atoms with Gasteiger partial charge in [0.05, 0.1) is 5.69 Å². The SMILES string of the molecule is Fc1nccnc1-c1cc(OCc2ccccn2)nc2c1CCCC2. The number of nitrogens with zero attached hydrogens (tertiary/aromatic N) is 4. The van der Waals surface area contributed by atoms with Gasteiger partial charge in [0.1, 0.15) is 12.3 Å². The second kappa shape index (κ2) is 6.93. The molecule has 0 unspecified atom stereocenters. The summed E-state index contributed by atoms with van der Waals surface area (Å²) < 4.78 is 20.0. The molecule has 4 rings (SSSR count). The summed E-state index contributed by atoms with van der Waals surface area (Å²) in [6, 6.07) is 7.42. The Labute approximate surface area is 145 Å². The van der Waals surface area contributed by atoms with Crippen LogP contribution in [0, 0.1) is 5.95 Å². The zero-order valence-electron chi connectivity index (χ0n) is 13.7. The predicted octanol–water partition coefficient (Wildman–Crippen LogP) is 3.53. The molecule has 0 saturated carbocycles. The molecule has 0 N–H and O–H groups in total. The Bertz CT molecular complexity index is 886. The summed E-state index contributed by atoms with van der Waals surface area (Å²) in [6.07, 6.45) is 8.45. The maximum absolute atomic E-state index is 14.2. The van der Waals surface area contributed by atoms with E-state index in [-0.39, 0.29) is 5.69 Å². The highest BCUT2D eigenvalue weighted by Crippen LogP contribution is 2.33. The number of halogens is 1. The van der Waals surface area contributed by atoms with Gasteiger partial charge in [0.2, 0.25) is 11.8 Å². The summed E-state index contributed by atoms with van der Waals surface area (Å²) in [6.45, 7) is 0.315. The standard InChI is InChI=1S/C19H17FN4O/c20-19-18(22-9-10-23-19)15-11-17(24-16-7-2-1-6-14(15)16)25-12-13-5-3-4-8-21-13/h3-5,8-11H,1-2,6-7,12H2. The smallest absolute Gasteiger partial charge is 0.239 e. The second-order valence-corrected chi connectivity index (χ2v) is 5.95. The lowest BCUT2D eigenvalue weighted by Crippen LogP contribution is -2.10. The summed E-state index contributed by atoms with van der Waals surface area (Å²) >= 11 is 0. The first-order valence-corrected chi connectivity index (χ1v) is 8.33. The zero-order chi connectivity index (χ0) is 17.1. The molecule has 3 aromatic heterocycles. The van der Waals surface area contributed by atoms with Crippen LogP contribution in [0.4, 0.5) is 4.39 Å². The van der Waals surface area contributed by atoms with Gasteiger partial charge < -0.3 is 4.74 Å². The Morgan fingerprint density at radius 3 is 2.72 bits per heavy atom. The van der Waals surface area contributed by atoms with Gasteiger partial charge in [-0.2, -0.15) is 4.39 Å². The first-order chi connectivity index (χ1) is 12.3. The number of ether oxygens (including phenoxy) is 1. The van der Waals surface area contributed by atoms with Gasteiger partial charge in [0.15, 0.2) is 0 Å². The number of aryl methyl sites for hydroxylation is 1. The van der Waals surface area contributed by atoms with Crippen LogP contribution in [0.3, 0.4) is 0 Å². The van der Waals surface area contributed by atoms with Crippen LogP contribution in [0.15, 0.2) is 42.9 Å². The van der Waals surface area contributed by atoms with Crippen molar-refractivity contribution in [2.45, 2.75) is 32.3 Å². The van der Waals surface area contributed by atoms with Crippen LogP contribution >= 0.6 is 0 Å². The van der Waals surface area contributed by atoms with Crippen molar-refractivity contribution in [2.24, 2.45) is 0 Å². The van der Waals surface area contributed by atoms with Crippen molar-refractivity contribution in [1.29, 1.82) is 0 Å². The first-order valence-electron chi connectivity index (χ1n) is 8.33. The molecule has 0 bridgehead atoms. The van der Waals surface area contributed by atoms with E-state index < -0.39 is 5.95 Å². The third-order valence-corrected chi connectivity index (χ3v) is 4.28. The summed E-state index contributed by atoms with van der Waals surface area (Å²) in [5.41, 5.74) is 3.81. The molecule has 0 radical (unpaired) electrons. The fraction of sp³-hybridized carbons (Fsp3) is 0.263. The average molecular weight is 336 g/mol. The molecule has 0 atom stereocenters. The number of hydrogen-bond acceptors (Lipinski definition) is 5. The minimum Gasteiger partial charge on any atom is -0.471 e. The first kappa shape index (κ1) is 15.6. The maximum atomic E-state index is 14.2. The normalized spacial score (nSPS) is 13.3. The van der Waals surface area contributed by atoms with E-state index in [4.69, 9.17) is 4.74 Å². The van der Waals surface area contributed by atoms with E-state index in [0.717, 1.165) is 48.2 Å². The predicted molar refractivity (Wildman–Crippen MR) is 90.4 cm³/mol. The highest BCUT2D eigenvalue weighted by Gasteiger charge is 2.21. The van der Waals surface area contributed by atoms with Gasteiger partial charge in [-0.05, 0) is 43.4 Å². The molecule has 0 amide bonds. The maximum Gasteiger partial charge on any atom is 0.239 e. The van der Waals surface area contributed by atoms with Crippen LogP contribution in [0.1, 0.15) is 29.8 Å². The molecular formula is C19H17FN4O. The van der Waals surface area contributed by atoms with Crippen molar-refractivity contribution >= 4 is 0 Å². The Balaban J connectivity index is 1.71. The van der Waals surface area contributed by atoms with Crippen LogP contribution in [0.5, 0.6) is 5.88 Å². The monoisotopic (exact) mass is 336 g/mol. The molecule has 3 aromatic rings. The molecule has 0 saturated heterocycles. The highest BCUT2D eigenvalue weighted by molar-refractivity contribution is 5.66. The van der Waals surface area contributed by atoms with E-state index in [9.17, 15) is 4.39 Å². The lowest BCUT2D eigenvalue weighted by Gasteiger charge is -2.19. The molecule has 6 heteroatoms. The molecule has 5 nitrogen and oxygen atoms in total. The van der Waals surface area contributed by atoms with Crippen LogP contribution in [-0.2, 0) is 19.4 Å². The molecule has 3 heterocycles. The topological polar surface area (TPSA) is 60.8 Å². The molecule has 0 fully saturated rings.